The third-order valence-electron chi connectivity index (χ3n) is 6.74. The number of halogens is 2. The van der Waals surface area contributed by atoms with E-state index in [-0.39, 0.29) is 17.6 Å². The number of carbonyl (C=O) groups is 1. The predicted octanol–water partition coefficient (Wildman–Crippen LogP) is 4.63. The first-order valence-corrected chi connectivity index (χ1v) is 12.1. The van der Waals surface area contributed by atoms with Crippen LogP contribution in [0.25, 0.3) is 5.69 Å². The first kappa shape index (κ1) is 23.5. The Balaban J connectivity index is 1.37. The minimum absolute atomic E-state index is 0.110. The Morgan fingerprint density at radius 2 is 1.97 bits per heavy atom. The van der Waals surface area contributed by atoms with E-state index in [0.29, 0.717) is 47.5 Å². The molecule has 10 heteroatoms. The minimum atomic E-state index is -0.624. The van der Waals surface area contributed by atoms with Crippen LogP contribution in [0.3, 0.4) is 0 Å². The van der Waals surface area contributed by atoms with E-state index in [2.05, 4.69) is 15.1 Å². The number of fused-ring (bicyclic) bond motifs is 1. The standard InChI is InChI=1S/C25H24Cl2N6O2/c1-15-30-23(31-33(15)20-8-7-16(26)13-19(20)27)24(34)32-11-9-25(10-12-32)18(14-28)22(29-2)17-5-3-4-6-21(17)35-25/h3-8,13-14,18,28H,9-12H2,1-2H3. The van der Waals surface area contributed by atoms with Crippen molar-refractivity contribution in [1.82, 2.24) is 19.7 Å². The van der Waals surface area contributed by atoms with Crippen molar-refractivity contribution in [2.45, 2.75) is 25.4 Å². The van der Waals surface area contributed by atoms with Gasteiger partial charge in [-0.3, -0.25) is 9.79 Å². The van der Waals surface area contributed by atoms with Crippen LogP contribution in [0.15, 0.2) is 47.5 Å². The Bertz CT molecular complexity index is 1340. The summed E-state index contributed by atoms with van der Waals surface area (Å²) in [4.78, 5) is 23.9. The quantitative estimate of drug-likeness (QED) is 0.519. The molecule has 0 radical (unpaired) electrons. The molecule has 1 fully saturated rings. The van der Waals surface area contributed by atoms with Crippen molar-refractivity contribution in [2.75, 3.05) is 20.1 Å². The molecule has 180 valence electrons. The maximum Gasteiger partial charge on any atom is 0.293 e. The lowest BCUT2D eigenvalue weighted by atomic mass is 9.73. The molecule has 0 aliphatic carbocycles. The monoisotopic (exact) mass is 510 g/mol. The molecule has 2 aliphatic rings. The van der Waals surface area contributed by atoms with Gasteiger partial charge in [0.05, 0.1) is 22.3 Å². The molecule has 1 unspecified atom stereocenters. The van der Waals surface area contributed by atoms with Gasteiger partial charge < -0.3 is 15.0 Å². The fraction of sp³-hybridized carbons (Fsp3) is 0.320. The molecule has 0 saturated carbocycles. The maximum atomic E-state index is 13.3. The first-order chi connectivity index (χ1) is 16.9. The molecule has 2 aromatic carbocycles. The number of piperidine rings is 1. The lowest BCUT2D eigenvalue weighted by Crippen LogP contribution is -2.58. The Kier molecular flexibility index (Phi) is 6.11. The summed E-state index contributed by atoms with van der Waals surface area (Å²) in [5.41, 5.74) is 1.74. The number of carbonyl (C=O) groups excluding carboxylic acids is 1. The predicted molar refractivity (Wildman–Crippen MR) is 136 cm³/mol. The number of amides is 1. The number of nitrogens with one attached hydrogen (secondary N) is 1. The topological polar surface area (TPSA) is 96.5 Å². The number of ether oxygens (including phenoxy) is 1. The molecule has 1 spiro atoms. The van der Waals surface area contributed by atoms with Crippen LogP contribution in [0.4, 0.5) is 0 Å². The Hall–Kier alpha value is -3.23. The highest BCUT2D eigenvalue weighted by Gasteiger charge is 2.49. The SMILES string of the molecule is CN=C1c2ccccc2OC2(CCN(C(=O)c3nc(C)n(-c4ccc(Cl)cc4Cl)n3)CC2)C1C=N. The fourth-order valence-electron chi connectivity index (χ4n) is 4.96. The van der Waals surface area contributed by atoms with Crippen LogP contribution in [0.5, 0.6) is 5.75 Å². The molecule has 3 heterocycles. The van der Waals surface area contributed by atoms with Gasteiger partial charge in [-0.25, -0.2) is 9.67 Å². The molecule has 1 amide bonds. The van der Waals surface area contributed by atoms with E-state index in [0.717, 1.165) is 17.0 Å². The highest BCUT2D eigenvalue weighted by Crippen LogP contribution is 2.42. The molecule has 1 atom stereocenters. The van der Waals surface area contributed by atoms with E-state index in [1.54, 1.807) is 41.8 Å². The molecular formula is C25H24Cl2N6O2. The van der Waals surface area contributed by atoms with Gasteiger partial charge in [-0.05, 0) is 37.3 Å². The zero-order valence-corrected chi connectivity index (χ0v) is 20.8. The van der Waals surface area contributed by atoms with Gasteiger partial charge in [0.2, 0.25) is 5.82 Å². The average Bonchev–Trinajstić information content (AvgIpc) is 3.24. The summed E-state index contributed by atoms with van der Waals surface area (Å²) in [6, 6.07) is 12.9. The van der Waals surface area contributed by atoms with Gasteiger partial charge >= 0.3 is 0 Å². The van der Waals surface area contributed by atoms with Crippen molar-refractivity contribution in [1.29, 1.82) is 5.41 Å². The summed E-state index contributed by atoms with van der Waals surface area (Å²) in [6.45, 7) is 2.68. The zero-order valence-electron chi connectivity index (χ0n) is 19.3. The number of hydrogen-bond acceptors (Lipinski definition) is 6. The van der Waals surface area contributed by atoms with Gasteiger partial charge in [-0.2, -0.15) is 0 Å². The molecule has 3 aromatic rings. The van der Waals surface area contributed by atoms with Gasteiger partial charge in [0.1, 0.15) is 17.2 Å². The Labute approximate surface area is 213 Å². The lowest BCUT2D eigenvalue weighted by Gasteiger charge is -2.48. The van der Waals surface area contributed by atoms with Crippen LogP contribution in [-0.2, 0) is 0 Å². The second-order valence-corrected chi connectivity index (χ2v) is 9.54. The van der Waals surface area contributed by atoms with E-state index in [1.165, 1.54) is 6.21 Å². The Morgan fingerprint density at radius 3 is 2.66 bits per heavy atom. The summed E-state index contributed by atoms with van der Waals surface area (Å²) in [5.74, 6) is 0.886. The number of hydrogen-bond donors (Lipinski definition) is 1. The number of nitrogens with zero attached hydrogens (tertiary/aromatic N) is 5. The van der Waals surface area contributed by atoms with Crippen molar-refractivity contribution >= 4 is 41.0 Å². The molecule has 35 heavy (non-hydrogen) atoms. The van der Waals surface area contributed by atoms with Crippen LogP contribution in [0.1, 0.15) is 34.8 Å². The van der Waals surface area contributed by atoms with Crippen molar-refractivity contribution in [3.8, 4) is 11.4 Å². The molecule has 2 aliphatic heterocycles. The third-order valence-corrected chi connectivity index (χ3v) is 7.28. The van der Waals surface area contributed by atoms with E-state index in [4.69, 9.17) is 33.3 Å². The first-order valence-electron chi connectivity index (χ1n) is 11.3. The molecule has 1 N–H and O–H groups in total. The minimum Gasteiger partial charge on any atom is -0.485 e. The van der Waals surface area contributed by atoms with Crippen molar-refractivity contribution in [3.63, 3.8) is 0 Å². The largest absolute Gasteiger partial charge is 0.485 e. The maximum absolute atomic E-state index is 13.3. The van der Waals surface area contributed by atoms with Crippen LogP contribution < -0.4 is 4.74 Å². The summed E-state index contributed by atoms with van der Waals surface area (Å²) in [6.07, 6.45) is 2.54. The van der Waals surface area contributed by atoms with Crippen molar-refractivity contribution in [3.05, 3.63) is 69.7 Å². The summed E-state index contributed by atoms with van der Waals surface area (Å²) < 4.78 is 8.05. The van der Waals surface area contributed by atoms with Crippen molar-refractivity contribution < 1.29 is 9.53 Å². The number of aromatic nitrogens is 3. The van der Waals surface area contributed by atoms with Crippen LogP contribution in [-0.4, -0.2) is 63.2 Å². The third kappa shape index (κ3) is 4.00. The lowest BCUT2D eigenvalue weighted by molar-refractivity contribution is -0.00892. The molecule has 0 bridgehead atoms. The number of benzene rings is 2. The van der Waals surface area contributed by atoms with Gasteiger partial charge in [0.25, 0.3) is 5.91 Å². The number of rotatable bonds is 3. The molecule has 1 saturated heterocycles. The second-order valence-electron chi connectivity index (χ2n) is 8.70. The van der Waals surface area contributed by atoms with Crippen molar-refractivity contribution in [2.24, 2.45) is 10.9 Å². The van der Waals surface area contributed by atoms with Crippen LogP contribution in [0, 0.1) is 18.3 Å². The summed E-state index contributed by atoms with van der Waals surface area (Å²) in [5, 5.41) is 13.5. The van der Waals surface area contributed by atoms with Gasteiger partial charge in [-0.15, -0.1) is 5.10 Å². The van der Waals surface area contributed by atoms with E-state index in [9.17, 15) is 4.79 Å². The fourth-order valence-corrected chi connectivity index (χ4v) is 5.45. The van der Waals surface area contributed by atoms with Gasteiger partial charge in [0, 0.05) is 49.8 Å². The van der Waals surface area contributed by atoms with Crippen LogP contribution in [0.2, 0.25) is 10.0 Å². The van der Waals surface area contributed by atoms with Gasteiger partial charge in [0.15, 0.2) is 0 Å². The number of aryl methyl sites for hydroxylation is 1. The Morgan fingerprint density at radius 1 is 1.23 bits per heavy atom. The molecule has 8 nitrogen and oxygen atoms in total. The van der Waals surface area contributed by atoms with E-state index < -0.39 is 5.60 Å². The summed E-state index contributed by atoms with van der Waals surface area (Å²) in [7, 11) is 1.75. The molecule has 5 rings (SSSR count). The highest BCUT2D eigenvalue weighted by molar-refractivity contribution is 6.35. The molecular weight excluding hydrogens is 487 g/mol. The number of likely N-dealkylation sites (tertiary alicyclic amines) is 1. The van der Waals surface area contributed by atoms with Gasteiger partial charge in [-0.1, -0.05) is 35.3 Å². The van der Waals surface area contributed by atoms with E-state index in [1.807, 2.05) is 24.3 Å². The average molecular weight is 511 g/mol. The highest BCUT2D eigenvalue weighted by atomic mass is 35.5. The number of aliphatic imine (C=N–C) groups is 1. The van der Waals surface area contributed by atoms with Crippen LogP contribution >= 0.6 is 23.2 Å². The second kappa shape index (κ2) is 9.09. The summed E-state index contributed by atoms with van der Waals surface area (Å²) >= 11 is 12.3. The molecule has 1 aromatic heterocycles. The number of para-hydroxylation sites is 1. The van der Waals surface area contributed by atoms with E-state index >= 15 is 0 Å². The zero-order chi connectivity index (χ0) is 24.7. The normalized spacial score (nSPS) is 19.9. The smallest absolute Gasteiger partial charge is 0.293 e.